The minimum atomic E-state index is -0.0445. The number of anilines is 1. The summed E-state index contributed by atoms with van der Waals surface area (Å²) in [6.45, 7) is 0.436. The van der Waals surface area contributed by atoms with Gasteiger partial charge in [0.15, 0.2) is 5.13 Å². The first-order chi connectivity index (χ1) is 12.2. The summed E-state index contributed by atoms with van der Waals surface area (Å²) in [6, 6.07) is 13.5. The Bertz CT molecular complexity index is 1020. The van der Waals surface area contributed by atoms with Gasteiger partial charge in [0.05, 0.1) is 21.6 Å². The van der Waals surface area contributed by atoms with Crippen LogP contribution in [0.3, 0.4) is 0 Å². The number of aromatic nitrogens is 2. The van der Waals surface area contributed by atoms with E-state index >= 15 is 0 Å². The molecule has 0 spiro atoms. The van der Waals surface area contributed by atoms with Crippen molar-refractivity contribution < 1.29 is 4.79 Å². The van der Waals surface area contributed by atoms with Gasteiger partial charge in [-0.25, -0.2) is 4.98 Å². The number of thiazole rings is 1. The molecule has 7 heteroatoms. The molecule has 3 aromatic heterocycles. The molecule has 0 saturated heterocycles. The molecule has 0 aliphatic carbocycles. The lowest BCUT2D eigenvalue weighted by Crippen LogP contribution is -2.29. The fraction of sp³-hybridized carbons (Fsp3) is 0.0556. The molecule has 0 atom stereocenters. The Morgan fingerprint density at radius 2 is 2.12 bits per heavy atom. The summed E-state index contributed by atoms with van der Waals surface area (Å²) in [6.07, 6.45) is 3.50. The number of fused-ring (bicyclic) bond motifs is 1. The van der Waals surface area contributed by atoms with Crippen molar-refractivity contribution in [1.29, 1.82) is 0 Å². The standard InChI is InChI=1S/C18H12BrN3OS2/c19-13-5-6-14-16(9-13)25-18(21-14)22(11-12-3-1-7-20-10-12)17(23)15-4-2-8-24-15/h1-10H,11H2. The molecule has 0 unspecified atom stereocenters. The molecular weight excluding hydrogens is 418 g/mol. The SMILES string of the molecule is O=C(c1cccs1)N(Cc1cccnc1)c1nc2ccc(Br)cc2s1. The first-order valence-electron chi connectivity index (χ1n) is 7.51. The van der Waals surface area contributed by atoms with Gasteiger partial charge in [-0.1, -0.05) is 39.4 Å². The first kappa shape index (κ1) is 16.4. The van der Waals surface area contributed by atoms with Crippen LogP contribution in [0.5, 0.6) is 0 Å². The van der Waals surface area contributed by atoms with Gasteiger partial charge in [0.1, 0.15) is 0 Å². The van der Waals surface area contributed by atoms with E-state index in [2.05, 4.69) is 25.9 Å². The number of rotatable bonds is 4. The molecule has 0 aliphatic rings. The van der Waals surface area contributed by atoms with Crippen molar-refractivity contribution in [2.45, 2.75) is 6.54 Å². The number of benzene rings is 1. The molecular formula is C18H12BrN3OS2. The van der Waals surface area contributed by atoms with Crippen molar-refractivity contribution in [2.24, 2.45) is 0 Å². The van der Waals surface area contributed by atoms with Crippen LogP contribution in [0.1, 0.15) is 15.2 Å². The summed E-state index contributed by atoms with van der Waals surface area (Å²) < 4.78 is 2.04. The number of hydrogen-bond acceptors (Lipinski definition) is 5. The molecule has 25 heavy (non-hydrogen) atoms. The second-order valence-electron chi connectivity index (χ2n) is 5.34. The third kappa shape index (κ3) is 3.49. The minimum Gasteiger partial charge on any atom is -0.279 e. The fourth-order valence-electron chi connectivity index (χ4n) is 2.44. The van der Waals surface area contributed by atoms with E-state index in [4.69, 9.17) is 0 Å². The zero-order chi connectivity index (χ0) is 17.2. The first-order valence-corrected chi connectivity index (χ1v) is 10.00. The number of hydrogen-bond donors (Lipinski definition) is 0. The van der Waals surface area contributed by atoms with Crippen LogP contribution >= 0.6 is 38.6 Å². The molecule has 4 nitrogen and oxygen atoms in total. The Labute approximate surface area is 160 Å². The zero-order valence-electron chi connectivity index (χ0n) is 12.9. The van der Waals surface area contributed by atoms with Crippen LogP contribution in [0, 0.1) is 0 Å². The molecule has 0 bridgehead atoms. The van der Waals surface area contributed by atoms with Gasteiger partial charge in [-0.3, -0.25) is 14.7 Å². The second kappa shape index (κ2) is 7.03. The third-order valence-corrected chi connectivity index (χ3v) is 6.00. The maximum absolute atomic E-state index is 13.0. The summed E-state index contributed by atoms with van der Waals surface area (Å²) in [5, 5.41) is 2.60. The predicted molar refractivity (Wildman–Crippen MR) is 106 cm³/mol. The number of carbonyl (C=O) groups is 1. The second-order valence-corrected chi connectivity index (χ2v) is 8.21. The number of thiophene rings is 1. The van der Waals surface area contributed by atoms with E-state index < -0.39 is 0 Å². The highest BCUT2D eigenvalue weighted by Gasteiger charge is 2.22. The molecule has 4 rings (SSSR count). The average molecular weight is 430 g/mol. The number of carbonyl (C=O) groups excluding carboxylic acids is 1. The van der Waals surface area contributed by atoms with Gasteiger partial charge in [-0.05, 0) is 41.3 Å². The van der Waals surface area contributed by atoms with E-state index in [9.17, 15) is 4.79 Å². The molecule has 0 radical (unpaired) electrons. The highest BCUT2D eigenvalue weighted by atomic mass is 79.9. The highest BCUT2D eigenvalue weighted by Crippen LogP contribution is 2.32. The number of halogens is 1. The summed E-state index contributed by atoms with van der Waals surface area (Å²) in [5.41, 5.74) is 1.85. The monoisotopic (exact) mass is 429 g/mol. The Kier molecular flexibility index (Phi) is 4.61. The summed E-state index contributed by atoms with van der Waals surface area (Å²) >= 11 is 6.43. The average Bonchev–Trinajstić information content (AvgIpc) is 3.29. The topological polar surface area (TPSA) is 46.1 Å². The molecule has 124 valence electrons. The highest BCUT2D eigenvalue weighted by molar-refractivity contribution is 9.10. The summed E-state index contributed by atoms with van der Waals surface area (Å²) in [5.74, 6) is -0.0445. The van der Waals surface area contributed by atoms with Gasteiger partial charge in [0.25, 0.3) is 5.91 Å². The Balaban J connectivity index is 1.76. The van der Waals surface area contributed by atoms with Crippen molar-refractivity contribution in [3.63, 3.8) is 0 Å². The quantitative estimate of drug-likeness (QED) is 0.438. The van der Waals surface area contributed by atoms with Crippen LogP contribution in [0.4, 0.5) is 5.13 Å². The van der Waals surface area contributed by atoms with Crippen molar-refractivity contribution in [3.05, 3.63) is 75.2 Å². The molecule has 0 saturated carbocycles. The number of nitrogens with zero attached hydrogens (tertiary/aromatic N) is 3. The smallest absolute Gasteiger partial charge is 0.270 e. The lowest BCUT2D eigenvalue weighted by Gasteiger charge is -2.19. The molecule has 0 N–H and O–H groups in total. The van der Waals surface area contributed by atoms with Gasteiger partial charge >= 0.3 is 0 Å². The van der Waals surface area contributed by atoms with Crippen LogP contribution in [0.25, 0.3) is 10.2 Å². The molecule has 3 heterocycles. The minimum absolute atomic E-state index is 0.0445. The summed E-state index contributed by atoms with van der Waals surface area (Å²) in [4.78, 5) is 24.3. The van der Waals surface area contributed by atoms with E-state index in [-0.39, 0.29) is 5.91 Å². The Morgan fingerprint density at radius 3 is 2.88 bits per heavy atom. The molecule has 0 fully saturated rings. The molecule has 1 aromatic carbocycles. The van der Waals surface area contributed by atoms with Crippen LogP contribution in [0.2, 0.25) is 0 Å². The number of amides is 1. The normalized spacial score (nSPS) is 10.9. The van der Waals surface area contributed by atoms with Crippen LogP contribution < -0.4 is 4.90 Å². The largest absolute Gasteiger partial charge is 0.279 e. The van der Waals surface area contributed by atoms with Crippen molar-refractivity contribution in [2.75, 3.05) is 4.90 Å². The van der Waals surface area contributed by atoms with Crippen molar-refractivity contribution >= 4 is 59.9 Å². The fourth-order valence-corrected chi connectivity index (χ4v) is 4.62. The molecule has 4 aromatic rings. The maximum atomic E-state index is 13.0. The van der Waals surface area contributed by atoms with E-state index in [1.54, 1.807) is 17.3 Å². The Hall–Kier alpha value is -2.09. The van der Waals surface area contributed by atoms with Gasteiger partial charge in [0, 0.05) is 16.9 Å². The zero-order valence-corrected chi connectivity index (χ0v) is 16.1. The van der Waals surface area contributed by atoms with E-state index in [0.717, 1.165) is 20.3 Å². The lowest BCUT2D eigenvalue weighted by molar-refractivity contribution is 0.0989. The third-order valence-electron chi connectivity index (χ3n) is 3.61. The van der Waals surface area contributed by atoms with Gasteiger partial charge < -0.3 is 0 Å². The van der Waals surface area contributed by atoms with Gasteiger partial charge in [-0.2, -0.15) is 0 Å². The summed E-state index contributed by atoms with van der Waals surface area (Å²) in [7, 11) is 0. The van der Waals surface area contributed by atoms with Gasteiger partial charge in [-0.15, -0.1) is 11.3 Å². The molecule has 1 amide bonds. The molecule has 0 aliphatic heterocycles. The number of pyridine rings is 1. The maximum Gasteiger partial charge on any atom is 0.270 e. The van der Waals surface area contributed by atoms with Crippen LogP contribution in [0.15, 0.2) is 64.7 Å². The lowest BCUT2D eigenvalue weighted by atomic mass is 10.2. The van der Waals surface area contributed by atoms with E-state index in [1.165, 1.54) is 22.7 Å². The van der Waals surface area contributed by atoms with Crippen LogP contribution in [-0.4, -0.2) is 15.9 Å². The van der Waals surface area contributed by atoms with E-state index in [0.29, 0.717) is 16.6 Å². The van der Waals surface area contributed by atoms with Gasteiger partial charge in [0.2, 0.25) is 0 Å². The van der Waals surface area contributed by atoms with Crippen molar-refractivity contribution in [1.82, 2.24) is 9.97 Å². The van der Waals surface area contributed by atoms with Crippen LogP contribution in [-0.2, 0) is 6.54 Å². The predicted octanol–water partition coefficient (Wildman–Crippen LogP) is 5.36. The van der Waals surface area contributed by atoms with E-state index in [1.807, 2.05) is 47.8 Å². The Morgan fingerprint density at radius 1 is 1.20 bits per heavy atom. The van der Waals surface area contributed by atoms with Crippen molar-refractivity contribution in [3.8, 4) is 0 Å².